The minimum absolute atomic E-state index is 0.573. The summed E-state index contributed by atoms with van der Waals surface area (Å²) >= 11 is 0. The summed E-state index contributed by atoms with van der Waals surface area (Å²) in [4.78, 5) is 30.2. The second-order valence-electron chi connectivity index (χ2n) is 12.8. The molecule has 254 valence electrons. The number of hydrogen-bond donors (Lipinski definition) is 0. The van der Waals surface area contributed by atoms with Gasteiger partial charge in [0.2, 0.25) is 0 Å². The van der Waals surface area contributed by atoms with E-state index in [1.165, 1.54) is 0 Å². The van der Waals surface area contributed by atoms with Crippen molar-refractivity contribution in [3.63, 3.8) is 0 Å². The van der Waals surface area contributed by atoms with Gasteiger partial charge in [0.05, 0.1) is 22.8 Å². The molecule has 0 aliphatic heterocycles. The van der Waals surface area contributed by atoms with E-state index in [0.717, 1.165) is 72.8 Å². The molecule has 0 radical (unpaired) electrons. The highest BCUT2D eigenvalue weighted by Crippen LogP contribution is 2.38. The molecule has 6 nitrogen and oxygen atoms in total. The van der Waals surface area contributed by atoms with E-state index in [9.17, 15) is 0 Å². The molecule has 0 aliphatic carbocycles. The molecule has 0 amide bonds. The van der Waals surface area contributed by atoms with Crippen LogP contribution in [0, 0.1) is 0 Å². The lowest BCUT2D eigenvalue weighted by Crippen LogP contribution is -2.02. The Labute approximate surface area is 313 Å². The summed E-state index contributed by atoms with van der Waals surface area (Å²) in [5, 5.41) is 0. The molecule has 6 aromatic carbocycles. The highest BCUT2D eigenvalue weighted by Gasteiger charge is 2.21. The smallest absolute Gasteiger partial charge is 0.164 e. The summed E-state index contributed by atoms with van der Waals surface area (Å²) in [6, 6.07) is 61.3. The van der Waals surface area contributed by atoms with E-state index >= 15 is 0 Å². The Morgan fingerprint density at radius 3 is 1.09 bits per heavy atom. The van der Waals surface area contributed by atoms with Crippen LogP contribution in [-0.2, 0) is 0 Å². The average Bonchev–Trinajstić information content (AvgIpc) is 3.27. The number of rotatable bonds is 8. The second kappa shape index (κ2) is 14.7. The van der Waals surface area contributed by atoms with E-state index in [1.54, 1.807) is 6.20 Å². The Morgan fingerprint density at radius 2 is 0.611 bits per heavy atom. The van der Waals surface area contributed by atoms with Crippen LogP contribution in [0.2, 0.25) is 0 Å². The van der Waals surface area contributed by atoms with Crippen molar-refractivity contribution in [2.24, 2.45) is 0 Å². The van der Waals surface area contributed by atoms with Crippen LogP contribution in [-0.4, -0.2) is 29.9 Å². The molecule has 54 heavy (non-hydrogen) atoms. The maximum atomic E-state index is 5.49. The first kappa shape index (κ1) is 32.5. The van der Waals surface area contributed by atoms with Crippen molar-refractivity contribution in [1.82, 2.24) is 29.9 Å². The Hall–Kier alpha value is -7.44. The summed E-state index contributed by atoms with van der Waals surface area (Å²) in [6.45, 7) is 0. The van der Waals surface area contributed by atoms with Crippen molar-refractivity contribution >= 4 is 0 Å². The molecule has 9 aromatic rings. The zero-order chi connectivity index (χ0) is 36.1. The maximum absolute atomic E-state index is 5.49. The monoisotopic (exact) mass is 692 g/mol. The molecule has 0 unspecified atom stereocenters. The Bertz CT molecular complexity index is 2610. The molecule has 3 aromatic heterocycles. The van der Waals surface area contributed by atoms with Crippen LogP contribution < -0.4 is 0 Å². The summed E-state index contributed by atoms with van der Waals surface area (Å²) in [6.07, 6.45) is 3.66. The van der Waals surface area contributed by atoms with Crippen LogP contribution in [0.4, 0.5) is 0 Å². The first-order valence-electron chi connectivity index (χ1n) is 17.8. The summed E-state index contributed by atoms with van der Waals surface area (Å²) < 4.78 is 0. The standard InChI is InChI=1S/C48H32N6/c1-5-15-34(16-6-1)42-43(35-17-7-2-8-18-35)51-45(44(50-42)36-28-26-33(27-29-36)41-25-14-30-49-32-41)39-23-13-24-40(31-39)48-53-46(37-19-9-3-10-20-37)52-47(54-48)38-21-11-4-12-22-38/h1-32H. The van der Waals surface area contributed by atoms with Gasteiger partial charge >= 0.3 is 0 Å². The number of hydrogen-bond acceptors (Lipinski definition) is 6. The van der Waals surface area contributed by atoms with Crippen molar-refractivity contribution in [2.75, 3.05) is 0 Å². The molecular formula is C48H32N6. The third kappa shape index (κ3) is 6.67. The van der Waals surface area contributed by atoms with Crippen LogP contribution in [0.3, 0.4) is 0 Å². The third-order valence-corrected chi connectivity index (χ3v) is 9.24. The zero-order valence-corrected chi connectivity index (χ0v) is 29.2. The quantitative estimate of drug-likeness (QED) is 0.158. The van der Waals surface area contributed by atoms with Gasteiger partial charge in [0, 0.05) is 51.3 Å². The summed E-state index contributed by atoms with van der Waals surface area (Å²) in [5.74, 6) is 1.79. The lowest BCUT2D eigenvalue weighted by Gasteiger charge is -2.17. The van der Waals surface area contributed by atoms with Crippen LogP contribution in [0.25, 0.3) is 90.3 Å². The lowest BCUT2D eigenvalue weighted by atomic mass is 9.97. The third-order valence-electron chi connectivity index (χ3n) is 9.24. The number of aromatic nitrogens is 6. The van der Waals surface area contributed by atoms with E-state index in [0.29, 0.717) is 17.5 Å². The van der Waals surface area contributed by atoms with Gasteiger partial charge in [0.1, 0.15) is 0 Å². The van der Waals surface area contributed by atoms with Crippen molar-refractivity contribution in [1.29, 1.82) is 0 Å². The fraction of sp³-hybridized carbons (Fsp3) is 0. The Kier molecular flexibility index (Phi) is 8.81. The van der Waals surface area contributed by atoms with Crippen LogP contribution in [0.15, 0.2) is 194 Å². The van der Waals surface area contributed by atoms with E-state index < -0.39 is 0 Å². The summed E-state index contributed by atoms with van der Waals surface area (Å²) in [5.41, 5.74) is 11.8. The van der Waals surface area contributed by atoms with Gasteiger partial charge in [-0.25, -0.2) is 24.9 Å². The van der Waals surface area contributed by atoms with E-state index in [-0.39, 0.29) is 0 Å². The summed E-state index contributed by atoms with van der Waals surface area (Å²) in [7, 11) is 0. The number of benzene rings is 6. The van der Waals surface area contributed by atoms with Gasteiger partial charge in [0.15, 0.2) is 17.5 Å². The molecule has 3 heterocycles. The fourth-order valence-corrected chi connectivity index (χ4v) is 6.53. The van der Waals surface area contributed by atoms with Crippen LogP contribution in [0.1, 0.15) is 0 Å². The van der Waals surface area contributed by atoms with Gasteiger partial charge < -0.3 is 0 Å². The first-order valence-corrected chi connectivity index (χ1v) is 17.8. The molecule has 0 saturated carbocycles. The van der Waals surface area contributed by atoms with Gasteiger partial charge in [-0.2, -0.15) is 0 Å². The minimum Gasteiger partial charge on any atom is -0.264 e. The zero-order valence-electron chi connectivity index (χ0n) is 29.2. The van der Waals surface area contributed by atoms with Gasteiger partial charge in [-0.15, -0.1) is 0 Å². The van der Waals surface area contributed by atoms with Gasteiger partial charge in [0.25, 0.3) is 0 Å². The van der Waals surface area contributed by atoms with Crippen molar-refractivity contribution in [3.8, 4) is 90.3 Å². The predicted octanol–water partition coefficient (Wildman–Crippen LogP) is 11.4. The predicted molar refractivity (Wildman–Crippen MR) is 217 cm³/mol. The lowest BCUT2D eigenvalue weighted by molar-refractivity contribution is 1.07. The maximum Gasteiger partial charge on any atom is 0.164 e. The van der Waals surface area contributed by atoms with Crippen molar-refractivity contribution in [3.05, 3.63) is 194 Å². The molecule has 9 rings (SSSR count). The molecule has 6 heteroatoms. The minimum atomic E-state index is 0.573. The highest BCUT2D eigenvalue weighted by atomic mass is 15.0. The second-order valence-corrected chi connectivity index (χ2v) is 12.8. The van der Waals surface area contributed by atoms with Gasteiger partial charge in [-0.3, -0.25) is 4.98 Å². The van der Waals surface area contributed by atoms with E-state index in [2.05, 4.69) is 71.7 Å². The van der Waals surface area contributed by atoms with E-state index in [1.807, 2.05) is 121 Å². The number of nitrogens with zero attached hydrogens (tertiary/aromatic N) is 6. The van der Waals surface area contributed by atoms with Crippen LogP contribution >= 0.6 is 0 Å². The van der Waals surface area contributed by atoms with Crippen molar-refractivity contribution < 1.29 is 0 Å². The number of pyridine rings is 1. The average molecular weight is 693 g/mol. The highest BCUT2D eigenvalue weighted by molar-refractivity contribution is 5.88. The SMILES string of the molecule is c1ccc(-c2nc(-c3ccccc3)nc(-c3cccc(-c4nc(-c5ccccc5)c(-c5ccccc5)nc4-c4ccc(-c5cccnc5)cc4)c3)n2)cc1. The molecule has 0 fully saturated rings. The molecule has 0 atom stereocenters. The Balaban J connectivity index is 1.24. The van der Waals surface area contributed by atoms with Crippen molar-refractivity contribution in [2.45, 2.75) is 0 Å². The molecule has 0 N–H and O–H groups in total. The molecule has 0 aliphatic rings. The molecular weight excluding hydrogens is 661 g/mol. The van der Waals surface area contributed by atoms with E-state index in [4.69, 9.17) is 24.9 Å². The topological polar surface area (TPSA) is 77.3 Å². The van der Waals surface area contributed by atoms with Gasteiger partial charge in [-0.05, 0) is 23.3 Å². The van der Waals surface area contributed by atoms with Gasteiger partial charge in [-0.1, -0.05) is 170 Å². The molecule has 0 bridgehead atoms. The largest absolute Gasteiger partial charge is 0.264 e. The van der Waals surface area contributed by atoms with Crippen LogP contribution in [0.5, 0.6) is 0 Å². The molecule has 0 saturated heterocycles. The normalized spacial score (nSPS) is 11.0. The Morgan fingerprint density at radius 1 is 0.241 bits per heavy atom. The first-order chi connectivity index (χ1) is 26.8. The fourth-order valence-electron chi connectivity index (χ4n) is 6.53. The molecule has 0 spiro atoms.